The lowest BCUT2D eigenvalue weighted by Crippen LogP contribution is -2.50. The Morgan fingerprint density at radius 1 is 1.55 bits per heavy atom. The van der Waals surface area contributed by atoms with Crippen LogP contribution >= 0.6 is 0 Å². The quantitative estimate of drug-likeness (QED) is 0.879. The van der Waals surface area contributed by atoms with E-state index in [1.54, 1.807) is 19.0 Å². The molecule has 2 fully saturated rings. The number of imidazole rings is 1. The molecule has 3 atom stereocenters. The molecule has 0 aliphatic carbocycles. The minimum atomic E-state index is -0.0586. The molecular weight excluding hydrogens is 282 g/mol. The first-order valence-corrected chi connectivity index (χ1v) is 7.86. The van der Waals surface area contributed by atoms with Gasteiger partial charge in [0.2, 0.25) is 0 Å². The maximum Gasteiger partial charge on any atom is 0.317 e. The van der Waals surface area contributed by atoms with Gasteiger partial charge in [-0.25, -0.2) is 9.78 Å². The maximum absolute atomic E-state index is 12.0. The summed E-state index contributed by atoms with van der Waals surface area (Å²) in [6.45, 7) is 2.38. The lowest BCUT2D eigenvalue weighted by molar-refractivity contribution is -0.0211. The van der Waals surface area contributed by atoms with Crippen LogP contribution in [0.2, 0.25) is 0 Å². The number of nitrogens with one attached hydrogen (secondary N) is 1. The Bertz CT molecular complexity index is 530. The third-order valence-corrected chi connectivity index (χ3v) is 4.61. The summed E-state index contributed by atoms with van der Waals surface area (Å²) in [5.41, 5.74) is 0. The fourth-order valence-electron chi connectivity index (χ4n) is 3.38. The van der Waals surface area contributed by atoms with Gasteiger partial charge in [-0.1, -0.05) is 0 Å². The van der Waals surface area contributed by atoms with Crippen molar-refractivity contribution in [2.75, 3.05) is 27.2 Å². The number of urea groups is 1. The van der Waals surface area contributed by atoms with Gasteiger partial charge in [0.05, 0.1) is 18.7 Å². The second kappa shape index (κ2) is 6.26. The molecule has 0 saturated carbocycles. The number of hydrogen-bond donors (Lipinski definition) is 1. The summed E-state index contributed by atoms with van der Waals surface area (Å²) in [5.74, 6) is 1.05. The van der Waals surface area contributed by atoms with Crippen molar-refractivity contribution in [1.29, 1.82) is 0 Å². The van der Waals surface area contributed by atoms with Crippen molar-refractivity contribution in [1.82, 2.24) is 24.7 Å². The van der Waals surface area contributed by atoms with E-state index >= 15 is 0 Å². The van der Waals surface area contributed by atoms with E-state index in [4.69, 9.17) is 4.74 Å². The lowest BCUT2D eigenvalue weighted by atomic mass is 10.0. The summed E-state index contributed by atoms with van der Waals surface area (Å²) in [6, 6.07) is 0.343. The number of rotatable bonds is 3. The van der Waals surface area contributed by atoms with Crippen molar-refractivity contribution in [3.63, 3.8) is 0 Å². The van der Waals surface area contributed by atoms with E-state index in [0.29, 0.717) is 6.04 Å². The molecule has 0 aromatic carbocycles. The predicted octanol–water partition coefficient (Wildman–Crippen LogP) is 0.423. The number of carbonyl (C=O) groups excluding carboxylic acids is 1. The number of likely N-dealkylation sites (tertiary alicyclic amines) is 1. The molecule has 122 valence electrons. The highest BCUT2D eigenvalue weighted by Crippen LogP contribution is 2.30. The van der Waals surface area contributed by atoms with Gasteiger partial charge in [0.1, 0.15) is 5.82 Å². The van der Waals surface area contributed by atoms with Crippen LogP contribution in [0.5, 0.6) is 0 Å². The van der Waals surface area contributed by atoms with Crippen LogP contribution in [0.3, 0.4) is 0 Å². The zero-order valence-electron chi connectivity index (χ0n) is 13.5. The molecule has 0 spiro atoms. The Morgan fingerprint density at radius 3 is 3.05 bits per heavy atom. The molecule has 2 saturated heterocycles. The largest absolute Gasteiger partial charge is 0.374 e. The summed E-state index contributed by atoms with van der Waals surface area (Å²) < 4.78 is 8.02. The Balaban J connectivity index is 1.71. The Morgan fingerprint density at radius 2 is 2.36 bits per heavy atom. The minimum Gasteiger partial charge on any atom is -0.374 e. The van der Waals surface area contributed by atoms with Crippen molar-refractivity contribution in [2.45, 2.75) is 37.6 Å². The van der Waals surface area contributed by atoms with Crippen LogP contribution in [-0.2, 0) is 18.3 Å². The normalized spacial score (nSPS) is 28.4. The number of ether oxygens (including phenoxy) is 1. The summed E-state index contributed by atoms with van der Waals surface area (Å²) in [6.07, 6.45) is 6.06. The molecule has 0 bridgehead atoms. The highest BCUT2D eigenvalue weighted by atomic mass is 16.5. The summed E-state index contributed by atoms with van der Waals surface area (Å²) in [4.78, 5) is 20.4. The third kappa shape index (κ3) is 2.96. The summed E-state index contributed by atoms with van der Waals surface area (Å²) in [5, 5.41) is 3.09. The average Bonchev–Trinajstić information content (AvgIpc) is 3.05. The molecule has 1 aromatic heterocycles. The van der Waals surface area contributed by atoms with Crippen molar-refractivity contribution in [3.05, 3.63) is 18.2 Å². The van der Waals surface area contributed by atoms with Gasteiger partial charge < -0.3 is 19.5 Å². The molecular formula is C15H25N5O2. The Kier molecular flexibility index (Phi) is 4.35. The van der Waals surface area contributed by atoms with E-state index in [1.165, 1.54) is 0 Å². The number of aryl methyl sites for hydroxylation is 1. The first-order chi connectivity index (χ1) is 10.6. The van der Waals surface area contributed by atoms with E-state index in [-0.39, 0.29) is 18.2 Å². The fraction of sp³-hybridized carbons (Fsp3) is 0.733. The van der Waals surface area contributed by atoms with Gasteiger partial charge in [0.15, 0.2) is 0 Å². The first kappa shape index (κ1) is 15.3. The van der Waals surface area contributed by atoms with Crippen molar-refractivity contribution < 1.29 is 9.53 Å². The maximum atomic E-state index is 12.0. The van der Waals surface area contributed by atoms with Gasteiger partial charge in [0, 0.05) is 52.7 Å². The predicted molar refractivity (Wildman–Crippen MR) is 82.4 cm³/mol. The molecule has 2 amide bonds. The van der Waals surface area contributed by atoms with Crippen molar-refractivity contribution >= 4 is 6.03 Å². The van der Waals surface area contributed by atoms with E-state index in [2.05, 4.69) is 15.2 Å². The van der Waals surface area contributed by atoms with Gasteiger partial charge in [0.25, 0.3) is 0 Å². The fourth-order valence-corrected chi connectivity index (χ4v) is 3.38. The number of nitrogens with zero attached hydrogens (tertiary/aromatic N) is 4. The smallest absolute Gasteiger partial charge is 0.317 e. The SMILES string of the molecule is CN(C)C(=O)N[C@H]1CN(Cc2nccn2C)[C@@H]2CCCO[C@H]12. The van der Waals surface area contributed by atoms with Crippen molar-refractivity contribution in [3.8, 4) is 0 Å². The molecule has 7 nitrogen and oxygen atoms in total. The van der Waals surface area contributed by atoms with Gasteiger partial charge in [-0.15, -0.1) is 0 Å². The number of amides is 2. The second-order valence-electron chi connectivity index (χ2n) is 6.38. The van der Waals surface area contributed by atoms with Crippen LogP contribution in [0.1, 0.15) is 18.7 Å². The molecule has 1 aromatic rings. The summed E-state index contributed by atoms with van der Waals surface area (Å²) in [7, 11) is 5.53. The topological polar surface area (TPSA) is 62.6 Å². The van der Waals surface area contributed by atoms with E-state index in [9.17, 15) is 4.79 Å². The zero-order valence-corrected chi connectivity index (χ0v) is 13.5. The molecule has 0 radical (unpaired) electrons. The van der Waals surface area contributed by atoms with Crippen LogP contribution in [0, 0.1) is 0 Å². The Labute approximate surface area is 131 Å². The molecule has 3 heterocycles. The van der Waals surface area contributed by atoms with Crippen molar-refractivity contribution in [2.24, 2.45) is 7.05 Å². The van der Waals surface area contributed by atoms with Crippen LogP contribution < -0.4 is 5.32 Å². The molecule has 7 heteroatoms. The van der Waals surface area contributed by atoms with Gasteiger partial charge in [-0.3, -0.25) is 4.90 Å². The second-order valence-corrected chi connectivity index (χ2v) is 6.38. The standard InChI is InChI=1S/C15H25N5O2/c1-18(2)15(21)17-11-9-20(10-13-16-6-7-19(13)3)12-5-4-8-22-14(11)12/h6-7,11-12,14H,4-5,8-10H2,1-3H3,(H,17,21)/t11-,12+,14+/m0/s1. The lowest BCUT2D eigenvalue weighted by Gasteiger charge is -2.32. The number of fused-ring (bicyclic) bond motifs is 1. The number of carbonyl (C=O) groups is 1. The first-order valence-electron chi connectivity index (χ1n) is 7.86. The molecule has 2 aliphatic heterocycles. The van der Waals surface area contributed by atoms with Crippen LogP contribution in [0.15, 0.2) is 12.4 Å². The van der Waals surface area contributed by atoms with Crippen LogP contribution in [-0.4, -0.2) is 70.8 Å². The molecule has 1 N–H and O–H groups in total. The average molecular weight is 307 g/mol. The number of hydrogen-bond acceptors (Lipinski definition) is 4. The van der Waals surface area contributed by atoms with Crippen LogP contribution in [0.25, 0.3) is 0 Å². The molecule has 22 heavy (non-hydrogen) atoms. The zero-order chi connectivity index (χ0) is 15.7. The van der Waals surface area contributed by atoms with Gasteiger partial charge >= 0.3 is 6.03 Å². The highest BCUT2D eigenvalue weighted by molar-refractivity contribution is 5.74. The molecule has 3 rings (SSSR count). The monoisotopic (exact) mass is 307 g/mol. The third-order valence-electron chi connectivity index (χ3n) is 4.61. The minimum absolute atomic E-state index is 0.0421. The van der Waals surface area contributed by atoms with Crippen LogP contribution in [0.4, 0.5) is 4.79 Å². The van der Waals surface area contributed by atoms with E-state index in [1.807, 2.05) is 24.0 Å². The van der Waals surface area contributed by atoms with Gasteiger partial charge in [-0.05, 0) is 12.8 Å². The molecule has 0 unspecified atom stereocenters. The number of aromatic nitrogens is 2. The van der Waals surface area contributed by atoms with E-state index in [0.717, 1.165) is 38.4 Å². The van der Waals surface area contributed by atoms with E-state index < -0.39 is 0 Å². The summed E-state index contributed by atoms with van der Waals surface area (Å²) >= 11 is 0. The highest BCUT2D eigenvalue weighted by Gasteiger charge is 2.44. The Hall–Kier alpha value is -1.60. The van der Waals surface area contributed by atoms with Gasteiger partial charge in [-0.2, -0.15) is 0 Å². The molecule has 2 aliphatic rings.